The molecule has 1 aromatic heterocycles. The molecule has 0 bridgehead atoms. The lowest BCUT2D eigenvalue weighted by atomic mass is 10.1. The highest BCUT2D eigenvalue weighted by Gasteiger charge is 2.27. The molecule has 0 fully saturated rings. The van der Waals surface area contributed by atoms with E-state index in [1.165, 1.54) is 0 Å². The fourth-order valence-electron chi connectivity index (χ4n) is 2.04. The second-order valence-corrected chi connectivity index (χ2v) is 3.93. The summed E-state index contributed by atoms with van der Waals surface area (Å²) in [6, 6.07) is 6.83. The average molecular weight is 217 g/mol. The van der Waals surface area contributed by atoms with E-state index >= 15 is 0 Å². The van der Waals surface area contributed by atoms with Crippen molar-refractivity contribution < 1.29 is 4.11 Å². The van der Waals surface area contributed by atoms with Crippen LogP contribution >= 0.6 is 0 Å². The van der Waals surface area contributed by atoms with Gasteiger partial charge in [0.05, 0.1) is 17.4 Å². The Balaban J connectivity index is 2.29. The van der Waals surface area contributed by atoms with Gasteiger partial charge in [0.25, 0.3) is 0 Å². The standard InChI is InChI=1S/C12H14N4/c1-8-12-13-9(2)14-16(12)11-7-5-4-6-10(11)15(8)3/h4-8H,1-3H3/i1D3. The van der Waals surface area contributed by atoms with Crippen molar-refractivity contribution in [1.82, 2.24) is 14.8 Å². The quantitative estimate of drug-likeness (QED) is 0.677. The minimum Gasteiger partial charge on any atom is -0.363 e. The van der Waals surface area contributed by atoms with Gasteiger partial charge in [-0.05, 0) is 25.9 Å². The fraction of sp³-hybridized carbons (Fsp3) is 0.333. The largest absolute Gasteiger partial charge is 0.363 e. The maximum Gasteiger partial charge on any atom is 0.154 e. The van der Waals surface area contributed by atoms with Gasteiger partial charge < -0.3 is 4.90 Å². The van der Waals surface area contributed by atoms with E-state index in [9.17, 15) is 0 Å². The predicted molar refractivity (Wildman–Crippen MR) is 62.9 cm³/mol. The van der Waals surface area contributed by atoms with Crippen LogP contribution in [-0.2, 0) is 0 Å². The Bertz CT molecular complexity index is 632. The summed E-state index contributed by atoms with van der Waals surface area (Å²) in [6.07, 6.45) is 0. The van der Waals surface area contributed by atoms with Crippen LogP contribution in [0.1, 0.15) is 28.7 Å². The van der Waals surface area contributed by atoms with Crippen LogP contribution < -0.4 is 4.90 Å². The number of rotatable bonds is 0. The molecule has 4 nitrogen and oxygen atoms in total. The van der Waals surface area contributed by atoms with Gasteiger partial charge in [0.2, 0.25) is 0 Å². The van der Waals surface area contributed by atoms with Crippen LogP contribution in [0.25, 0.3) is 5.69 Å². The molecule has 16 heavy (non-hydrogen) atoms. The highest BCUT2D eigenvalue weighted by Crippen LogP contribution is 2.35. The minimum atomic E-state index is -2.15. The minimum absolute atomic E-state index is 0.471. The second kappa shape index (κ2) is 3.07. The Morgan fingerprint density at radius 3 is 2.81 bits per heavy atom. The lowest BCUT2D eigenvalue weighted by Crippen LogP contribution is -2.30. The van der Waals surface area contributed by atoms with Crippen molar-refractivity contribution in [2.24, 2.45) is 0 Å². The molecule has 0 aliphatic carbocycles. The summed E-state index contributed by atoms with van der Waals surface area (Å²) < 4.78 is 24.9. The molecule has 0 saturated carbocycles. The van der Waals surface area contributed by atoms with Crippen LogP contribution in [0.4, 0.5) is 5.69 Å². The first-order chi connectivity index (χ1) is 8.89. The molecule has 1 atom stereocenters. The van der Waals surface area contributed by atoms with E-state index in [4.69, 9.17) is 4.11 Å². The van der Waals surface area contributed by atoms with Gasteiger partial charge >= 0.3 is 0 Å². The smallest absolute Gasteiger partial charge is 0.154 e. The SMILES string of the molecule is [2H]C([2H])([2H])C1c2nc(C)nn2-c2ccccc2N1C. The van der Waals surface area contributed by atoms with E-state index < -0.39 is 12.9 Å². The summed E-state index contributed by atoms with van der Waals surface area (Å²) in [5.74, 6) is 1.05. The summed E-state index contributed by atoms with van der Waals surface area (Å²) in [5, 5.41) is 4.32. The van der Waals surface area contributed by atoms with Gasteiger partial charge in [-0.3, -0.25) is 0 Å². The molecule has 2 heterocycles. The number of para-hydroxylation sites is 2. The molecule has 0 amide bonds. The third-order valence-corrected chi connectivity index (χ3v) is 2.86. The molecular formula is C12H14N4. The van der Waals surface area contributed by atoms with E-state index in [1.807, 2.05) is 24.3 Å². The van der Waals surface area contributed by atoms with Crippen LogP contribution in [-0.4, -0.2) is 21.8 Å². The number of benzene rings is 1. The fourth-order valence-corrected chi connectivity index (χ4v) is 2.04. The van der Waals surface area contributed by atoms with Crippen LogP contribution in [0.5, 0.6) is 0 Å². The van der Waals surface area contributed by atoms with Crippen molar-refractivity contribution >= 4 is 5.69 Å². The van der Waals surface area contributed by atoms with Gasteiger partial charge in [0, 0.05) is 11.2 Å². The summed E-state index contributed by atoms with van der Waals surface area (Å²) in [4.78, 5) is 6.05. The van der Waals surface area contributed by atoms with Crippen molar-refractivity contribution in [3.63, 3.8) is 0 Å². The summed E-state index contributed by atoms with van der Waals surface area (Å²) in [5.41, 5.74) is 1.71. The first-order valence-electron chi connectivity index (χ1n) is 6.65. The molecule has 1 aliphatic heterocycles. The molecule has 0 radical (unpaired) electrons. The number of hydrogen-bond donors (Lipinski definition) is 0. The molecule has 0 spiro atoms. The molecule has 1 unspecified atom stereocenters. The van der Waals surface area contributed by atoms with Gasteiger partial charge in [-0.15, -0.1) is 0 Å². The summed E-state index contributed by atoms with van der Waals surface area (Å²) in [7, 11) is 1.78. The van der Waals surface area contributed by atoms with Gasteiger partial charge in [0.15, 0.2) is 5.82 Å². The number of nitrogens with zero attached hydrogens (tertiary/aromatic N) is 4. The van der Waals surface area contributed by atoms with Crippen LogP contribution in [0, 0.1) is 6.92 Å². The molecular weight excluding hydrogens is 200 g/mol. The molecule has 0 N–H and O–H groups in total. The Hall–Kier alpha value is -1.84. The van der Waals surface area contributed by atoms with Crippen molar-refractivity contribution in [3.05, 3.63) is 35.9 Å². The zero-order valence-corrected chi connectivity index (χ0v) is 9.18. The zero-order chi connectivity index (χ0) is 13.8. The Morgan fingerprint density at radius 2 is 2.06 bits per heavy atom. The number of aryl methyl sites for hydroxylation is 1. The Labute approximate surface area is 98.7 Å². The first kappa shape index (κ1) is 6.68. The Morgan fingerprint density at radius 1 is 1.31 bits per heavy atom. The van der Waals surface area contributed by atoms with Crippen molar-refractivity contribution in [3.8, 4) is 5.69 Å². The number of hydrogen-bond acceptors (Lipinski definition) is 3. The number of aromatic nitrogens is 3. The lowest BCUT2D eigenvalue weighted by Gasteiger charge is -2.32. The summed E-state index contributed by atoms with van der Waals surface area (Å²) in [6.45, 7) is -0.385. The number of fused-ring (bicyclic) bond motifs is 3. The third kappa shape index (κ3) is 1.10. The van der Waals surface area contributed by atoms with Gasteiger partial charge in [-0.2, -0.15) is 5.10 Å². The van der Waals surface area contributed by atoms with E-state index in [2.05, 4.69) is 10.1 Å². The van der Waals surface area contributed by atoms with Crippen molar-refractivity contribution in [2.45, 2.75) is 19.8 Å². The monoisotopic (exact) mass is 217 g/mol. The highest BCUT2D eigenvalue weighted by atomic mass is 15.4. The van der Waals surface area contributed by atoms with Crippen LogP contribution in [0.2, 0.25) is 0 Å². The average Bonchev–Trinajstić information content (AvgIpc) is 2.69. The normalized spacial score (nSPS) is 21.8. The van der Waals surface area contributed by atoms with Gasteiger partial charge in [0.1, 0.15) is 5.82 Å². The molecule has 3 rings (SSSR count). The lowest BCUT2D eigenvalue weighted by molar-refractivity contribution is 0.623. The molecule has 82 valence electrons. The predicted octanol–water partition coefficient (Wildman–Crippen LogP) is 2.09. The molecule has 1 aliphatic rings. The van der Waals surface area contributed by atoms with E-state index in [-0.39, 0.29) is 0 Å². The van der Waals surface area contributed by atoms with Gasteiger partial charge in [-0.25, -0.2) is 9.67 Å². The first-order valence-corrected chi connectivity index (χ1v) is 5.15. The summed E-state index contributed by atoms with van der Waals surface area (Å²) >= 11 is 0. The highest BCUT2D eigenvalue weighted by molar-refractivity contribution is 5.65. The molecule has 4 heteroatoms. The third-order valence-electron chi connectivity index (χ3n) is 2.86. The second-order valence-electron chi connectivity index (χ2n) is 3.93. The maximum absolute atomic E-state index is 7.75. The Kier molecular flexibility index (Phi) is 1.28. The van der Waals surface area contributed by atoms with E-state index in [0.717, 1.165) is 11.4 Å². The zero-order valence-electron chi connectivity index (χ0n) is 12.2. The molecule has 2 aromatic rings. The van der Waals surface area contributed by atoms with Crippen molar-refractivity contribution in [1.29, 1.82) is 0 Å². The number of anilines is 1. The van der Waals surface area contributed by atoms with E-state index in [1.54, 1.807) is 23.6 Å². The molecule has 1 aromatic carbocycles. The van der Waals surface area contributed by atoms with Gasteiger partial charge in [-0.1, -0.05) is 12.1 Å². The van der Waals surface area contributed by atoms with Crippen LogP contribution in [0.3, 0.4) is 0 Å². The molecule has 0 saturated heterocycles. The van der Waals surface area contributed by atoms with Crippen molar-refractivity contribution in [2.75, 3.05) is 11.9 Å². The maximum atomic E-state index is 7.75. The van der Waals surface area contributed by atoms with E-state index in [0.29, 0.717) is 11.6 Å². The topological polar surface area (TPSA) is 34.0 Å². The van der Waals surface area contributed by atoms with Crippen LogP contribution in [0.15, 0.2) is 24.3 Å².